The van der Waals surface area contributed by atoms with E-state index in [4.69, 9.17) is 0 Å². The smallest absolute Gasteiger partial charge is 0.227 e. The zero-order valence-electron chi connectivity index (χ0n) is 8.83. The molecule has 0 radical (unpaired) electrons. The van der Waals surface area contributed by atoms with E-state index in [1.807, 2.05) is 12.1 Å². The number of aromatic nitrogens is 1. The van der Waals surface area contributed by atoms with Gasteiger partial charge in [-0.2, -0.15) is 4.73 Å². The first-order valence-corrected chi connectivity index (χ1v) is 7.16. The normalized spacial score (nSPS) is 14.9. The molecule has 1 N–H and O–H groups in total. The van der Waals surface area contributed by atoms with E-state index in [0.717, 1.165) is 10.1 Å². The van der Waals surface area contributed by atoms with Crippen molar-refractivity contribution in [2.24, 2.45) is 0 Å². The van der Waals surface area contributed by atoms with Gasteiger partial charge in [-0.1, -0.05) is 12.1 Å². The van der Waals surface area contributed by atoms with Crippen LogP contribution in [0.3, 0.4) is 0 Å². The van der Waals surface area contributed by atoms with E-state index in [-0.39, 0.29) is 6.16 Å². The van der Waals surface area contributed by atoms with Crippen molar-refractivity contribution in [3.8, 4) is 0 Å². The minimum absolute atomic E-state index is 0.0244. The number of para-hydroxylation sites is 1. The Bertz CT molecular complexity index is 571. The first-order chi connectivity index (χ1) is 7.47. The topological polar surface area (TPSA) is 64.2 Å². The summed E-state index contributed by atoms with van der Waals surface area (Å²) < 4.78 is 12.1. The second kappa shape index (κ2) is 3.89. The Morgan fingerprint density at radius 3 is 2.75 bits per heavy atom. The van der Waals surface area contributed by atoms with E-state index in [9.17, 15) is 14.7 Å². The molecule has 1 aromatic carbocycles. The van der Waals surface area contributed by atoms with Crippen LogP contribution >= 0.6 is 7.37 Å². The van der Waals surface area contributed by atoms with Gasteiger partial charge in [-0.3, -0.25) is 4.57 Å². The minimum atomic E-state index is -3.16. The van der Waals surface area contributed by atoms with E-state index in [1.165, 1.54) is 12.9 Å². The molecule has 0 saturated carbocycles. The third kappa shape index (κ3) is 2.23. The molecule has 0 bridgehead atoms. The van der Waals surface area contributed by atoms with Gasteiger partial charge in [-0.25, -0.2) is 0 Å². The Hall–Kier alpha value is -1.38. The Balaban J connectivity index is 2.66. The third-order valence-electron chi connectivity index (χ3n) is 2.33. The lowest BCUT2D eigenvalue weighted by molar-refractivity contribution is -0.577. The number of rotatable bonds is 2. The molecule has 1 atom stereocenters. The molecule has 4 nitrogen and oxygen atoms in total. The van der Waals surface area contributed by atoms with Gasteiger partial charge in [0.1, 0.15) is 0 Å². The Kier molecular flexibility index (Phi) is 2.70. The summed E-state index contributed by atoms with van der Waals surface area (Å²) in [7, 11) is -3.16. The highest BCUT2D eigenvalue weighted by Crippen LogP contribution is 2.40. The zero-order chi connectivity index (χ0) is 11.8. The summed E-state index contributed by atoms with van der Waals surface area (Å²) in [6.45, 7) is 1.30. The molecule has 0 amide bonds. The molecule has 1 unspecified atom stereocenters. The van der Waals surface area contributed by atoms with Crippen LogP contribution in [0.2, 0.25) is 0 Å². The van der Waals surface area contributed by atoms with Crippen molar-refractivity contribution in [1.82, 2.24) is 0 Å². The highest BCUT2D eigenvalue weighted by atomic mass is 31.2. The van der Waals surface area contributed by atoms with Gasteiger partial charge in [0.2, 0.25) is 12.9 Å². The molecule has 84 valence electrons. The molecular formula is C11H12NO3P. The van der Waals surface area contributed by atoms with Crippen molar-refractivity contribution in [3.63, 3.8) is 0 Å². The van der Waals surface area contributed by atoms with Crippen LogP contribution in [0.5, 0.6) is 0 Å². The van der Waals surface area contributed by atoms with Crippen LogP contribution in [0, 0.1) is 5.21 Å². The molecule has 1 aromatic heterocycles. The standard InChI is InChI=1S/C11H12NO3P/c1-16(14,15)8-10-5-2-4-9-6-3-7-12(13)11(9)10/h2-7H,8H2,1H3,(H,14,15). The van der Waals surface area contributed by atoms with Gasteiger partial charge in [-0.05, 0) is 12.1 Å². The van der Waals surface area contributed by atoms with Crippen LogP contribution in [0.1, 0.15) is 5.56 Å². The maximum atomic E-state index is 11.6. The van der Waals surface area contributed by atoms with Crippen molar-refractivity contribution in [3.05, 3.63) is 47.3 Å². The molecule has 5 heteroatoms. The van der Waals surface area contributed by atoms with E-state index in [2.05, 4.69) is 0 Å². The average Bonchev–Trinajstić information content (AvgIpc) is 2.15. The van der Waals surface area contributed by atoms with Crippen molar-refractivity contribution in [2.45, 2.75) is 6.16 Å². The van der Waals surface area contributed by atoms with Crippen molar-refractivity contribution >= 4 is 18.3 Å². The van der Waals surface area contributed by atoms with E-state index in [0.29, 0.717) is 11.1 Å². The van der Waals surface area contributed by atoms with Crippen LogP contribution in [0.15, 0.2) is 36.5 Å². The highest BCUT2D eigenvalue weighted by molar-refractivity contribution is 7.56. The summed E-state index contributed by atoms with van der Waals surface area (Å²) in [6.07, 6.45) is 1.42. The van der Waals surface area contributed by atoms with Gasteiger partial charge in [0.15, 0.2) is 6.20 Å². The fourth-order valence-electron chi connectivity index (χ4n) is 1.76. The SMILES string of the molecule is CP(=O)(O)Cc1cccc2ccc[n+]([O-])c12. The molecule has 0 saturated heterocycles. The summed E-state index contributed by atoms with van der Waals surface area (Å²) in [6, 6.07) is 8.77. The molecule has 16 heavy (non-hydrogen) atoms. The van der Waals surface area contributed by atoms with Crippen LogP contribution in [0.4, 0.5) is 0 Å². The van der Waals surface area contributed by atoms with Crippen molar-refractivity contribution < 1.29 is 14.2 Å². The summed E-state index contributed by atoms with van der Waals surface area (Å²) in [5.41, 5.74) is 1.09. The molecule has 0 spiro atoms. The third-order valence-corrected chi connectivity index (χ3v) is 3.26. The van der Waals surface area contributed by atoms with Crippen LogP contribution < -0.4 is 4.73 Å². The molecule has 0 aliphatic rings. The largest absolute Gasteiger partial charge is 0.618 e. The van der Waals surface area contributed by atoms with Gasteiger partial charge in [0.25, 0.3) is 0 Å². The molecule has 1 heterocycles. The second-order valence-electron chi connectivity index (χ2n) is 3.90. The average molecular weight is 237 g/mol. The predicted octanol–water partition coefficient (Wildman–Crippen LogP) is 1.87. The van der Waals surface area contributed by atoms with Crippen LogP contribution in [-0.4, -0.2) is 11.6 Å². The van der Waals surface area contributed by atoms with E-state index in [1.54, 1.807) is 18.2 Å². The number of fused-ring (bicyclic) bond motifs is 1. The van der Waals surface area contributed by atoms with Gasteiger partial charge in [0, 0.05) is 23.7 Å². The van der Waals surface area contributed by atoms with Crippen molar-refractivity contribution in [2.75, 3.05) is 6.66 Å². The van der Waals surface area contributed by atoms with E-state index < -0.39 is 7.37 Å². The molecular weight excluding hydrogens is 225 g/mol. The van der Waals surface area contributed by atoms with Gasteiger partial charge in [-0.15, -0.1) is 0 Å². The number of pyridine rings is 1. The summed E-state index contributed by atoms with van der Waals surface area (Å²) in [5.74, 6) is 0. The fourth-order valence-corrected chi connectivity index (χ4v) is 2.64. The Morgan fingerprint density at radius 2 is 2.06 bits per heavy atom. The maximum Gasteiger partial charge on any atom is 0.227 e. The molecule has 0 aliphatic carbocycles. The molecule has 0 aliphatic heterocycles. The lowest BCUT2D eigenvalue weighted by atomic mass is 10.1. The molecule has 2 rings (SSSR count). The highest BCUT2D eigenvalue weighted by Gasteiger charge is 2.17. The number of hydrogen-bond donors (Lipinski definition) is 1. The molecule has 0 fully saturated rings. The lowest BCUT2D eigenvalue weighted by Crippen LogP contribution is -2.27. The summed E-state index contributed by atoms with van der Waals surface area (Å²) in [5, 5.41) is 12.4. The molecule has 2 aromatic rings. The lowest BCUT2D eigenvalue weighted by Gasteiger charge is -2.08. The predicted molar refractivity (Wildman–Crippen MR) is 62.4 cm³/mol. The maximum absolute atomic E-state index is 11.6. The number of hydrogen-bond acceptors (Lipinski definition) is 2. The summed E-state index contributed by atoms with van der Waals surface area (Å²) >= 11 is 0. The fraction of sp³-hybridized carbons (Fsp3) is 0.182. The number of benzene rings is 1. The Morgan fingerprint density at radius 1 is 1.38 bits per heavy atom. The summed E-state index contributed by atoms with van der Waals surface area (Å²) in [4.78, 5) is 9.37. The van der Waals surface area contributed by atoms with Gasteiger partial charge in [0.05, 0.1) is 6.16 Å². The van der Waals surface area contributed by atoms with Gasteiger partial charge >= 0.3 is 0 Å². The van der Waals surface area contributed by atoms with Gasteiger partial charge < -0.3 is 10.1 Å². The van der Waals surface area contributed by atoms with Crippen LogP contribution in [-0.2, 0) is 10.7 Å². The number of nitrogens with zero attached hydrogens (tertiary/aromatic N) is 1. The zero-order valence-corrected chi connectivity index (χ0v) is 9.72. The van der Waals surface area contributed by atoms with Crippen LogP contribution in [0.25, 0.3) is 10.9 Å². The Labute approximate surface area is 93.2 Å². The quantitative estimate of drug-likeness (QED) is 0.492. The second-order valence-corrected chi connectivity index (χ2v) is 6.32. The first kappa shape index (κ1) is 11.1. The van der Waals surface area contributed by atoms with E-state index >= 15 is 0 Å². The minimum Gasteiger partial charge on any atom is -0.618 e. The first-order valence-electron chi connectivity index (χ1n) is 4.86. The van der Waals surface area contributed by atoms with Crippen molar-refractivity contribution in [1.29, 1.82) is 0 Å². The monoisotopic (exact) mass is 237 g/mol.